The zero-order valence-electron chi connectivity index (χ0n) is 19.3. The lowest BCUT2D eigenvalue weighted by Gasteiger charge is -2.57. The van der Waals surface area contributed by atoms with Crippen LogP contribution < -0.4 is 0 Å². The predicted octanol–water partition coefficient (Wildman–Crippen LogP) is 5.27. The number of nitrogens with zero attached hydrogens (tertiary/aromatic N) is 3. The molecule has 0 spiro atoms. The average Bonchev–Trinajstić information content (AvgIpc) is 3.28. The third-order valence-electron chi connectivity index (χ3n) is 10.0. The zero-order chi connectivity index (χ0) is 22.0. The summed E-state index contributed by atoms with van der Waals surface area (Å²) in [6, 6.07) is 0. The van der Waals surface area contributed by atoms with Gasteiger partial charge in [-0.05, 0) is 99.2 Å². The largest absolute Gasteiger partial charge is 0.390 e. The van der Waals surface area contributed by atoms with Crippen LogP contribution in [0.4, 0.5) is 5.69 Å². The van der Waals surface area contributed by atoms with Crippen LogP contribution in [0.25, 0.3) is 4.85 Å². The minimum Gasteiger partial charge on any atom is -0.390 e. The van der Waals surface area contributed by atoms with Crippen LogP contribution in [0, 0.1) is 53.4 Å². The normalized spacial score (nSPS) is 46.5. The summed E-state index contributed by atoms with van der Waals surface area (Å²) >= 11 is 0. The summed E-state index contributed by atoms with van der Waals surface area (Å²) in [7, 11) is 0. The van der Waals surface area contributed by atoms with Gasteiger partial charge in [0.05, 0.1) is 24.9 Å². The summed E-state index contributed by atoms with van der Waals surface area (Å²) in [5.41, 5.74) is 0.135. The van der Waals surface area contributed by atoms with Crippen molar-refractivity contribution in [3.05, 3.63) is 23.8 Å². The van der Waals surface area contributed by atoms with Crippen molar-refractivity contribution in [2.24, 2.45) is 46.8 Å². The summed E-state index contributed by atoms with van der Waals surface area (Å²) < 4.78 is 1.65. The second kappa shape index (κ2) is 7.44. The molecule has 1 aromatic heterocycles. The number of fused-ring (bicyclic) bond motifs is 5. The van der Waals surface area contributed by atoms with E-state index in [0.29, 0.717) is 35.8 Å². The lowest BCUT2D eigenvalue weighted by molar-refractivity contribution is -0.133. The van der Waals surface area contributed by atoms with E-state index in [1.165, 1.54) is 25.7 Å². The van der Waals surface area contributed by atoms with Crippen molar-refractivity contribution in [3.63, 3.8) is 0 Å². The molecule has 5 heteroatoms. The van der Waals surface area contributed by atoms with Gasteiger partial charge in [0.15, 0.2) is 5.78 Å². The van der Waals surface area contributed by atoms with E-state index >= 15 is 0 Å². The Hall–Kier alpha value is -1.67. The van der Waals surface area contributed by atoms with Crippen LogP contribution in [0.5, 0.6) is 0 Å². The smallest absolute Gasteiger partial charge is 0.224 e. The van der Waals surface area contributed by atoms with Crippen LogP contribution in [0.15, 0.2) is 12.4 Å². The van der Waals surface area contributed by atoms with Crippen molar-refractivity contribution >= 4 is 11.5 Å². The molecule has 1 aromatic rings. The summed E-state index contributed by atoms with van der Waals surface area (Å²) in [5.74, 6) is 4.65. The summed E-state index contributed by atoms with van der Waals surface area (Å²) in [4.78, 5) is 16.8. The molecule has 31 heavy (non-hydrogen) atoms. The standard InChI is InChI=1S/C26H37N3O2/c1-16-11-22(23(30)15-29-14-18(27-4)13-28-29)26(3)10-8-20-19-7-9-25(2,31)12-17(19)5-6-21(20)24(16)26/h13-14,16-17,19-22,24,31H,5-12,15H2,1-3H3/t16-,17-,19+,20-,21-,22-,24+,25-,26-/m1/s1. The Morgan fingerprint density at radius 1 is 1.23 bits per heavy atom. The molecular formula is C26H37N3O2. The van der Waals surface area contributed by atoms with Gasteiger partial charge in [0, 0.05) is 12.1 Å². The molecule has 4 aliphatic carbocycles. The van der Waals surface area contributed by atoms with Crippen LogP contribution in [0.1, 0.15) is 72.1 Å². The van der Waals surface area contributed by atoms with Gasteiger partial charge in [-0.3, -0.25) is 9.48 Å². The Balaban J connectivity index is 1.34. The van der Waals surface area contributed by atoms with E-state index in [-0.39, 0.29) is 11.3 Å². The fourth-order valence-corrected chi connectivity index (χ4v) is 8.89. The van der Waals surface area contributed by atoms with Gasteiger partial charge < -0.3 is 5.11 Å². The zero-order valence-corrected chi connectivity index (χ0v) is 19.3. The molecule has 0 bridgehead atoms. The quantitative estimate of drug-likeness (QED) is 0.674. The molecule has 0 aromatic carbocycles. The Labute approximate surface area is 186 Å². The Morgan fingerprint density at radius 2 is 2.00 bits per heavy atom. The number of carbonyl (C=O) groups is 1. The number of Topliss-reactive ketones (excluding diaryl/α,β-unsaturated/α-hetero) is 1. The van der Waals surface area contributed by atoms with Crippen LogP contribution in [0.3, 0.4) is 0 Å². The van der Waals surface area contributed by atoms with Gasteiger partial charge in [-0.2, -0.15) is 5.10 Å². The molecule has 5 rings (SSSR count). The summed E-state index contributed by atoms with van der Waals surface area (Å²) in [5, 5.41) is 14.8. The molecular weight excluding hydrogens is 386 g/mol. The monoisotopic (exact) mass is 423 g/mol. The van der Waals surface area contributed by atoms with Crippen molar-refractivity contribution in [1.29, 1.82) is 0 Å². The molecule has 4 aliphatic rings. The van der Waals surface area contributed by atoms with E-state index in [2.05, 4.69) is 23.8 Å². The molecule has 0 aliphatic heterocycles. The van der Waals surface area contributed by atoms with Crippen LogP contribution in [-0.2, 0) is 11.3 Å². The first-order valence-corrected chi connectivity index (χ1v) is 12.4. The molecule has 1 heterocycles. The SMILES string of the molecule is [C-]#[N+]c1cnn(CC(=O)[C@H]2C[C@@H](C)[C@H]3[C@@H]4CC[C@@H]5C[C@](C)(O)CC[C@@H]5[C@H]4CC[C@@]32C)c1. The van der Waals surface area contributed by atoms with Crippen LogP contribution in [0.2, 0.25) is 0 Å². The number of ketones is 1. The summed E-state index contributed by atoms with van der Waals surface area (Å²) in [6.07, 6.45) is 12.3. The van der Waals surface area contributed by atoms with Gasteiger partial charge in [0.2, 0.25) is 5.69 Å². The maximum atomic E-state index is 13.4. The number of rotatable bonds is 3. The highest BCUT2D eigenvalue weighted by atomic mass is 16.3. The van der Waals surface area contributed by atoms with Gasteiger partial charge in [0.25, 0.3) is 0 Å². The number of hydrogen-bond acceptors (Lipinski definition) is 3. The number of hydrogen-bond donors (Lipinski definition) is 1. The first-order chi connectivity index (χ1) is 14.7. The van der Waals surface area contributed by atoms with Gasteiger partial charge in [0.1, 0.15) is 0 Å². The lowest BCUT2D eigenvalue weighted by atomic mass is 9.48. The molecule has 0 radical (unpaired) electrons. The Bertz CT molecular complexity index is 899. The van der Waals surface area contributed by atoms with Crippen LogP contribution in [-0.4, -0.2) is 26.3 Å². The van der Waals surface area contributed by atoms with E-state index in [9.17, 15) is 9.90 Å². The minimum atomic E-state index is -0.463. The maximum Gasteiger partial charge on any atom is 0.224 e. The van der Waals surface area contributed by atoms with E-state index in [1.54, 1.807) is 17.1 Å². The molecule has 5 nitrogen and oxygen atoms in total. The molecule has 4 saturated carbocycles. The van der Waals surface area contributed by atoms with E-state index < -0.39 is 5.60 Å². The first kappa shape index (κ1) is 21.2. The highest BCUT2D eigenvalue weighted by Gasteiger charge is 2.60. The van der Waals surface area contributed by atoms with Gasteiger partial charge >= 0.3 is 0 Å². The second-order valence-corrected chi connectivity index (χ2v) is 11.9. The predicted molar refractivity (Wildman–Crippen MR) is 119 cm³/mol. The Kier molecular flexibility index (Phi) is 5.09. The topological polar surface area (TPSA) is 59.5 Å². The van der Waals surface area contributed by atoms with Crippen molar-refractivity contribution in [2.45, 2.75) is 84.3 Å². The highest BCUT2D eigenvalue weighted by molar-refractivity contribution is 5.82. The maximum absolute atomic E-state index is 13.4. The average molecular weight is 424 g/mol. The van der Waals surface area contributed by atoms with Crippen molar-refractivity contribution in [2.75, 3.05) is 0 Å². The van der Waals surface area contributed by atoms with E-state index in [0.717, 1.165) is 43.4 Å². The minimum absolute atomic E-state index is 0.0977. The van der Waals surface area contributed by atoms with Crippen molar-refractivity contribution in [3.8, 4) is 0 Å². The molecule has 1 N–H and O–H groups in total. The fraction of sp³-hybridized carbons (Fsp3) is 0.808. The van der Waals surface area contributed by atoms with Gasteiger partial charge in [-0.25, -0.2) is 4.85 Å². The van der Waals surface area contributed by atoms with E-state index in [1.807, 2.05) is 6.92 Å². The molecule has 4 fully saturated rings. The third kappa shape index (κ3) is 3.46. The third-order valence-corrected chi connectivity index (χ3v) is 10.0. The molecule has 168 valence electrons. The highest BCUT2D eigenvalue weighted by Crippen LogP contribution is 2.66. The van der Waals surface area contributed by atoms with Crippen LogP contribution >= 0.6 is 0 Å². The molecule has 9 atom stereocenters. The number of aliphatic hydroxyl groups is 1. The Morgan fingerprint density at radius 3 is 2.74 bits per heavy atom. The van der Waals surface area contributed by atoms with Gasteiger partial charge in [-0.15, -0.1) is 0 Å². The second-order valence-electron chi connectivity index (χ2n) is 11.9. The van der Waals surface area contributed by atoms with Crippen molar-refractivity contribution in [1.82, 2.24) is 9.78 Å². The lowest BCUT2D eigenvalue weighted by Crippen LogP contribution is -2.51. The first-order valence-electron chi connectivity index (χ1n) is 12.4. The van der Waals surface area contributed by atoms with Crippen molar-refractivity contribution < 1.29 is 9.90 Å². The molecule has 0 saturated heterocycles. The summed E-state index contributed by atoms with van der Waals surface area (Å²) in [6.45, 7) is 14.3. The molecule has 0 amide bonds. The number of aromatic nitrogens is 2. The molecule has 0 unspecified atom stereocenters. The van der Waals surface area contributed by atoms with Gasteiger partial charge in [-0.1, -0.05) is 13.8 Å². The van der Waals surface area contributed by atoms with E-state index in [4.69, 9.17) is 6.57 Å². The fourth-order valence-electron chi connectivity index (χ4n) is 8.89. The number of carbonyl (C=O) groups excluding carboxylic acids is 1.